The third-order valence-corrected chi connectivity index (χ3v) is 5.83. The number of amides is 1. The van der Waals surface area contributed by atoms with Gasteiger partial charge in [0, 0.05) is 6.54 Å². The highest BCUT2D eigenvalue weighted by Gasteiger charge is 2.25. The number of methoxy groups -OCH3 is 3. The van der Waals surface area contributed by atoms with Crippen LogP contribution in [-0.4, -0.2) is 51.8 Å². The molecule has 1 atom stereocenters. The van der Waals surface area contributed by atoms with Crippen molar-refractivity contribution in [3.63, 3.8) is 0 Å². The molecule has 1 heterocycles. The van der Waals surface area contributed by atoms with Crippen LogP contribution >= 0.6 is 15.9 Å². The first-order valence-corrected chi connectivity index (χ1v) is 10.4. The largest absolute Gasteiger partial charge is 0.497 e. The van der Waals surface area contributed by atoms with Crippen LogP contribution in [0.1, 0.15) is 34.8 Å². The molecule has 29 heavy (non-hydrogen) atoms. The summed E-state index contributed by atoms with van der Waals surface area (Å²) >= 11 is 3.45. The number of rotatable bonds is 8. The number of ether oxygens (including phenoxy) is 3. The van der Waals surface area contributed by atoms with Crippen molar-refractivity contribution in [2.24, 2.45) is 0 Å². The second-order valence-corrected chi connectivity index (χ2v) is 7.79. The first-order valence-electron chi connectivity index (χ1n) is 9.65. The van der Waals surface area contributed by atoms with Crippen LogP contribution in [-0.2, 0) is 0 Å². The van der Waals surface area contributed by atoms with Crippen molar-refractivity contribution in [1.29, 1.82) is 0 Å². The molecule has 0 bridgehead atoms. The van der Waals surface area contributed by atoms with Crippen molar-refractivity contribution in [3.05, 3.63) is 52.0 Å². The van der Waals surface area contributed by atoms with Gasteiger partial charge in [0.05, 0.1) is 37.4 Å². The average molecular weight is 463 g/mol. The molecule has 0 radical (unpaired) electrons. The third kappa shape index (κ3) is 5.03. The van der Waals surface area contributed by atoms with E-state index in [1.165, 1.54) is 12.8 Å². The molecular formula is C22H27BrN2O4. The van der Waals surface area contributed by atoms with Gasteiger partial charge in [-0.25, -0.2) is 0 Å². The average Bonchev–Trinajstić information content (AvgIpc) is 3.28. The van der Waals surface area contributed by atoms with E-state index in [-0.39, 0.29) is 11.9 Å². The van der Waals surface area contributed by atoms with Crippen LogP contribution in [0.4, 0.5) is 0 Å². The highest BCUT2D eigenvalue weighted by molar-refractivity contribution is 9.10. The quantitative estimate of drug-likeness (QED) is 0.641. The Morgan fingerprint density at radius 3 is 2.28 bits per heavy atom. The van der Waals surface area contributed by atoms with Crippen molar-refractivity contribution < 1.29 is 19.0 Å². The molecule has 0 aromatic heterocycles. The summed E-state index contributed by atoms with van der Waals surface area (Å²) in [5.74, 6) is 1.71. The Balaban J connectivity index is 1.80. The fourth-order valence-electron chi connectivity index (χ4n) is 3.68. The Hall–Kier alpha value is -2.25. The molecule has 1 fully saturated rings. The van der Waals surface area contributed by atoms with Crippen LogP contribution in [0, 0.1) is 0 Å². The van der Waals surface area contributed by atoms with Crippen molar-refractivity contribution >= 4 is 21.8 Å². The Labute approximate surface area is 180 Å². The number of hydrogen-bond acceptors (Lipinski definition) is 5. The zero-order valence-electron chi connectivity index (χ0n) is 17.0. The van der Waals surface area contributed by atoms with E-state index in [1.807, 2.05) is 12.1 Å². The molecule has 0 saturated carbocycles. The molecule has 1 aliphatic heterocycles. The molecule has 1 saturated heterocycles. The standard InChI is InChI=1S/C22H27BrN2O4/c1-27-16-8-6-15(7-9-16)20(25-10-4-5-11-25)14-24-22(26)18-12-17(28-2)13-19(23)21(18)29-3/h6-9,12-13,20H,4-5,10-11,14H2,1-3H3,(H,24,26). The smallest absolute Gasteiger partial charge is 0.255 e. The van der Waals surface area contributed by atoms with Gasteiger partial charge >= 0.3 is 0 Å². The van der Waals surface area contributed by atoms with Gasteiger partial charge in [-0.2, -0.15) is 0 Å². The minimum Gasteiger partial charge on any atom is -0.497 e. The molecule has 2 aromatic carbocycles. The molecule has 1 aliphatic rings. The van der Waals surface area contributed by atoms with Gasteiger partial charge in [0.2, 0.25) is 0 Å². The number of hydrogen-bond donors (Lipinski definition) is 1. The highest BCUT2D eigenvalue weighted by Crippen LogP contribution is 2.34. The van der Waals surface area contributed by atoms with Gasteiger partial charge in [0.25, 0.3) is 5.91 Å². The second-order valence-electron chi connectivity index (χ2n) is 6.93. The zero-order chi connectivity index (χ0) is 20.8. The van der Waals surface area contributed by atoms with E-state index >= 15 is 0 Å². The number of halogens is 1. The van der Waals surface area contributed by atoms with Crippen LogP contribution in [0.25, 0.3) is 0 Å². The minimum atomic E-state index is -0.195. The van der Waals surface area contributed by atoms with E-state index < -0.39 is 0 Å². The van der Waals surface area contributed by atoms with Gasteiger partial charge in [0.1, 0.15) is 17.2 Å². The fourth-order valence-corrected chi connectivity index (χ4v) is 4.29. The predicted octanol–water partition coefficient (Wildman–Crippen LogP) is 4.04. The molecule has 6 nitrogen and oxygen atoms in total. The van der Waals surface area contributed by atoms with Crippen LogP contribution in [0.2, 0.25) is 0 Å². The molecule has 1 N–H and O–H groups in total. The molecule has 0 spiro atoms. The van der Waals surface area contributed by atoms with Gasteiger partial charge in [0.15, 0.2) is 0 Å². The third-order valence-electron chi connectivity index (χ3n) is 5.24. The second kappa shape index (κ2) is 9.98. The lowest BCUT2D eigenvalue weighted by atomic mass is 10.0. The predicted molar refractivity (Wildman–Crippen MR) is 116 cm³/mol. The minimum absolute atomic E-state index is 0.104. The zero-order valence-corrected chi connectivity index (χ0v) is 18.6. The number of nitrogens with zero attached hydrogens (tertiary/aromatic N) is 1. The van der Waals surface area contributed by atoms with E-state index in [2.05, 4.69) is 38.3 Å². The molecule has 1 amide bonds. The van der Waals surface area contributed by atoms with Crippen molar-refractivity contribution in [1.82, 2.24) is 10.2 Å². The SMILES string of the molecule is COc1ccc(C(CNC(=O)c2cc(OC)cc(Br)c2OC)N2CCCC2)cc1. The monoisotopic (exact) mass is 462 g/mol. The number of benzene rings is 2. The molecule has 156 valence electrons. The summed E-state index contributed by atoms with van der Waals surface area (Å²) in [5.41, 5.74) is 1.60. The lowest BCUT2D eigenvalue weighted by molar-refractivity contribution is 0.0934. The van der Waals surface area contributed by atoms with E-state index in [0.29, 0.717) is 28.1 Å². The van der Waals surface area contributed by atoms with E-state index in [4.69, 9.17) is 14.2 Å². The lowest BCUT2D eigenvalue weighted by Crippen LogP contribution is -2.37. The van der Waals surface area contributed by atoms with Crippen molar-refractivity contribution in [3.8, 4) is 17.2 Å². The van der Waals surface area contributed by atoms with Crippen molar-refractivity contribution in [2.45, 2.75) is 18.9 Å². The van der Waals surface area contributed by atoms with Gasteiger partial charge in [-0.05, 0) is 71.7 Å². The maximum absolute atomic E-state index is 13.0. The normalized spacial score (nSPS) is 15.0. The summed E-state index contributed by atoms with van der Waals surface area (Å²) in [6, 6.07) is 11.6. The topological polar surface area (TPSA) is 60.0 Å². The highest BCUT2D eigenvalue weighted by atomic mass is 79.9. The molecular weight excluding hydrogens is 436 g/mol. The summed E-state index contributed by atoms with van der Waals surface area (Å²) in [6.45, 7) is 2.56. The Morgan fingerprint density at radius 2 is 1.69 bits per heavy atom. The summed E-state index contributed by atoms with van der Waals surface area (Å²) in [6.07, 6.45) is 2.36. The summed E-state index contributed by atoms with van der Waals surface area (Å²) in [7, 11) is 4.78. The van der Waals surface area contributed by atoms with Crippen LogP contribution in [0.15, 0.2) is 40.9 Å². The molecule has 2 aromatic rings. The maximum atomic E-state index is 13.0. The maximum Gasteiger partial charge on any atom is 0.255 e. The number of carbonyl (C=O) groups excluding carboxylic acids is 1. The van der Waals surface area contributed by atoms with Crippen LogP contribution in [0.5, 0.6) is 17.2 Å². The number of carbonyl (C=O) groups is 1. The molecule has 0 aliphatic carbocycles. The first-order chi connectivity index (χ1) is 14.1. The summed E-state index contributed by atoms with van der Waals surface area (Å²) < 4.78 is 16.7. The molecule has 3 rings (SSSR count). The summed E-state index contributed by atoms with van der Waals surface area (Å²) in [5, 5.41) is 3.09. The number of likely N-dealkylation sites (tertiary alicyclic amines) is 1. The van der Waals surface area contributed by atoms with Crippen LogP contribution in [0.3, 0.4) is 0 Å². The van der Waals surface area contributed by atoms with Crippen LogP contribution < -0.4 is 19.5 Å². The number of nitrogens with one attached hydrogen (secondary N) is 1. The first kappa shape index (κ1) is 21.5. The van der Waals surface area contributed by atoms with E-state index in [1.54, 1.807) is 33.5 Å². The molecule has 7 heteroatoms. The van der Waals surface area contributed by atoms with E-state index in [9.17, 15) is 4.79 Å². The van der Waals surface area contributed by atoms with Gasteiger partial charge < -0.3 is 19.5 Å². The lowest BCUT2D eigenvalue weighted by Gasteiger charge is -2.28. The molecule has 1 unspecified atom stereocenters. The van der Waals surface area contributed by atoms with Gasteiger partial charge in [-0.3, -0.25) is 9.69 Å². The summed E-state index contributed by atoms with van der Waals surface area (Å²) in [4.78, 5) is 15.4. The Bertz CT molecular complexity index is 835. The van der Waals surface area contributed by atoms with Gasteiger partial charge in [-0.1, -0.05) is 12.1 Å². The van der Waals surface area contributed by atoms with Gasteiger partial charge in [-0.15, -0.1) is 0 Å². The van der Waals surface area contributed by atoms with Crippen molar-refractivity contribution in [2.75, 3.05) is 41.0 Å². The Morgan fingerprint density at radius 1 is 1.03 bits per heavy atom. The van der Waals surface area contributed by atoms with E-state index in [0.717, 1.165) is 24.4 Å². The fraction of sp³-hybridized carbons (Fsp3) is 0.409. The Kier molecular flexibility index (Phi) is 7.39.